The summed E-state index contributed by atoms with van der Waals surface area (Å²) in [5.41, 5.74) is 1.29. The van der Waals surface area contributed by atoms with Crippen molar-refractivity contribution >= 4 is 5.78 Å². The highest BCUT2D eigenvalue weighted by molar-refractivity contribution is 5.81. The second-order valence-electron chi connectivity index (χ2n) is 6.73. The predicted molar refractivity (Wildman–Crippen MR) is 79.9 cm³/mol. The molecule has 1 aliphatic carbocycles. The number of benzene rings is 1. The Morgan fingerprint density at radius 2 is 2.10 bits per heavy atom. The van der Waals surface area contributed by atoms with Crippen LogP contribution in [0.15, 0.2) is 24.3 Å². The molecule has 1 aliphatic heterocycles. The third kappa shape index (κ3) is 2.74. The molecule has 1 fully saturated rings. The highest BCUT2D eigenvalue weighted by Crippen LogP contribution is 2.37. The van der Waals surface area contributed by atoms with Gasteiger partial charge >= 0.3 is 0 Å². The Kier molecular flexibility index (Phi) is 3.82. The molecule has 1 aromatic rings. The number of fused-ring (bicyclic) bond motifs is 1. The molecule has 3 atom stereocenters. The molecule has 0 bridgehead atoms. The lowest BCUT2D eigenvalue weighted by atomic mass is 9.73. The van der Waals surface area contributed by atoms with Crippen molar-refractivity contribution in [3.63, 3.8) is 0 Å². The number of carbonyl (C=O) groups excluding carboxylic acids is 1. The average molecular weight is 272 g/mol. The van der Waals surface area contributed by atoms with Gasteiger partial charge in [-0.1, -0.05) is 32.0 Å². The Labute approximate surface area is 121 Å². The number of ether oxygens (including phenoxy) is 1. The van der Waals surface area contributed by atoms with Crippen molar-refractivity contribution in [2.75, 3.05) is 0 Å². The fourth-order valence-corrected chi connectivity index (χ4v) is 3.68. The minimum absolute atomic E-state index is 0.201. The summed E-state index contributed by atoms with van der Waals surface area (Å²) in [5.74, 6) is 3.09. The first-order valence-corrected chi connectivity index (χ1v) is 7.90. The summed E-state index contributed by atoms with van der Waals surface area (Å²) in [7, 11) is 0. The van der Waals surface area contributed by atoms with Gasteiger partial charge in [-0.15, -0.1) is 0 Å². The fourth-order valence-electron chi connectivity index (χ4n) is 3.68. The quantitative estimate of drug-likeness (QED) is 0.830. The van der Waals surface area contributed by atoms with Crippen LogP contribution in [-0.4, -0.2) is 11.9 Å². The van der Waals surface area contributed by atoms with Gasteiger partial charge in [0, 0.05) is 18.8 Å². The number of Topliss-reactive ketones (excluding diaryl/α,β-unsaturated/α-hetero) is 1. The van der Waals surface area contributed by atoms with Gasteiger partial charge < -0.3 is 4.74 Å². The van der Waals surface area contributed by atoms with Crippen molar-refractivity contribution in [2.24, 2.45) is 17.8 Å². The molecule has 0 radical (unpaired) electrons. The van der Waals surface area contributed by atoms with E-state index in [4.69, 9.17) is 4.74 Å². The maximum absolute atomic E-state index is 12.2. The first-order valence-electron chi connectivity index (χ1n) is 7.90. The SMILES string of the molecule is CC(C)C1CCC(=O)C(CC2Cc3ccccc3O2)C1. The molecule has 108 valence electrons. The van der Waals surface area contributed by atoms with Crippen LogP contribution in [0.5, 0.6) is 5.75 Å². The van der Waals surface area contributed by atoms with Crippen LogP contribution < -0.4 is 4.74 Å². The van der Waals surface area contributed by atoms with Crippen molar-refractivity contribution in [3.05, 3.63) is 29.8 Å². The number of ketones is 1. The Balaban J connectivity index is 1.62. The van der Waals surface area contributed by atoms with Gasteiger partial charge in [-0.25, -0.2) is 0 Å². The third-order valence-corrected chi connectivity index (χ3v) is 5.01. The highest BCUT2D eigenvalue weighted by atomic mass is 16.5. The Hall–Kier alpha value is -1.31. The molecule has 2 nitrogen and oxygen atoms in total. The molecule has 1 aromatic carbocycles. The van der Waals surface area contributed by atoms with Crippen LogP contribution in [0.2, 0.25) is 0 Å². The van der Waals surface area contributed by atoms with Gasteiger partial charge in [0.15, 0.2) is 0 Å². The van der Waals surface area contributed by atoms with Crippen molar-refractivity contribution in [1.29, 1.82) is 0 Å². The van der Waals surface area contributed by atoms with E-state index in [1.165, 1.54) is 5.56 Å². The van der Waals surface area contributed by atoms with Crippen LogP contribution in [0, 0.1) is 17.8 Å². The Morgan fingerprint density at radius 1 is 1.30 bits per heavy atom. The van der Waals surface area contributed by atoms with E-state index in [0.717, 1.165) is 37.9 Å². The van der Waals surface area contributed by atoms with E-state index in [0.29, 0.717) is 17.6 Å². The monoisotopic (exact) mass is 272 g/mol. The number of para-hydroxylation sites is 1. The molecular weight excluding hydrogens is 248 g/mol. The second kappa shape index (κ2) is 5.59. The van der Waals surface area contributed by atoms with Crippen LogP contribution in [0.1, 0.15) is 45.1 Å². The topological polar surface area (TPSA) is 26.3 Å². The summed E-state index contributed by atoms with van der Waals surface area (Å²) < 4.78 is 6.00. The largest absolute Gasteiger partial charge is 0.490 e. The minimum atomic E-state index is 0.201. The van der Waals surface area contributed by atoms with E-state index >= 15 is 0 Å². The van der Waals surface area contributed by atoms with Gasteiger partial charge in [0.05, 0.1) is 0 Å². The van der Waals surface area contributed by atoms with Gasteiger partial charge in [-0.3, -0.25) is 4.79 Å². The molecule has 3 rings (SSSR count). The number of hydrogen-bond acceptors (Lipinski definition) is 2. The summed E-state index contributed by atoms with van der Waals surface area (Å²) in [6, 6.07) is 8.25. The van der Waals surface area contributed by atoms with Crippen LogP contribution in [-0.2, 0) is 11.2 Å². The van der Waals surface area contributed by atoms with Gasteiger partial charge in [-0.2, -0.15) is 0 Å². The van der Waals surface area contributed by atoms with Gasteiger partial charge in [0.1, 0.15) is 17.6 Å². The summed E-state index contributed by atoms with van der Waals surface area (Å²) in [5, 5.41) is 0. The molecule has 0 amide bonds. The lowest BCUT2D eigenvalue weighted by molar-refractivity contribution is -0.126. The molecule has 3 unspecified atom stereocenters. The fraction of sp³-hybridized carbons (Fsp3) is 0.611. The second-order valence-corrected chi connectivity index (χ2v) is 6.73. The maximum atomic E-state index is 12.2. The number of rotatable bonds is 3. The Bertz CT molecular complexity index is 467. The molecule has 0 N–H and O–H groups in total. The van der Waals surface area contributed by atoms with E-state index in [-0.39, 0.29) is 12.0 Å². The first kappa shape index (κ1) is 13.7. The van der Waals surface area contributed by atoms with Crippen LogP contribution in [0.4, 0.5) is 0 Å². The van der Waals surface area contributed by atoms with Crippen LogP contribution in [0.3, 0.4) is 0 Å². The molecule has 0 aromatic heterocycles. The summed E-state index contributed by atoms with van der Waals surface area (Å²) >= 11 is 0. The molecule has 0 saturated heterocycles. The zero-order valence-corrected chi connectivity index (χ0v) is 12.5. The normalized spacial score (nSPS) is 29.4. The predicted octanol–water partition coefficient (Wildman–Crippen LogP) is 4.02. The zero-order valence-electron chi connectivity index (χ0n) is 12.5. The van der Waals surface area contributed by atoms with E-state index in [9.17, 15) is 4.79 Å². The van der Waals surface area contributed by atoms with Crippen molar-refractivity contribution < 1.29 is 9.53 Å². The van der Waals surface area contributed by atoms with Gasteiger partial charge in [0.25, 0.3) is 0 Å². The van der Waals surface area contributed by atoms with E-state index < -0.39 is 0 Å². The maximum Gasteiger partial charge on any atom is 0.136 e. The average Bonchev–Trinajstić information content (AvgIpc) is 2.83. The Morgan fingerprint density at radius 3 is 2.85 bits per heavy atom. The van der Waals surface area contributed by atoms with Gasteiger partial charge in [0.2, 0.25) is 0 Å². The van der Waals surface area contributed by atoms with Crippen molar-refractivity contribution in [1.82, 2.24) is 0 Å². The van der Waals surface area contributed by atoms with Crippen LogP contribution in [0.25, 0.3) is 0 Å². The van der Waals surface area contributed by atoms with E-state index in [1.54, 1.807) is 0 Å². The molecule has 0 spiro atoms. The highest BCUT2D eigenvalue weighted by Gasteiger charge is 2.34. The molecular formula is C18H24O2. The lowest BCUT2D eigenvalue weighted by Crippen LogP contribution is -2.31. The summed E-state index contributed by atoms with van der Waals surface area (Å²) in [4.78, 5) is 12.2. The van der Waals surface area contributed by atoms with Crippen molar-refractivity contribution in [3.8, 4) is 5.75 Å². The molecule has 2 heteroatoms. The smallest absolute Gasteiger partial charge is 0.136 e. The van der Waals surface area contributed by atoms with Crippen molar-refractivity contribution in [2.45, 2.75) is 52.1 Å². The summed E-state index contributed by atoms with van der Waals surface area (Å²) in [6.45, 7) is 4.55. The van der Waals surface area contributed by atoms with Crippen LogP contribution >= 0.6 is 0 Å². The zero-order chi connectivity index (χ0) is 14.1. The molecule has 1 saturated carbocycles. The summed E-state index contributed by atoms with van der Waals surface area (Å²) in [6.07, 6.45) is 4.98. The minimum Gasteiger partial charge on any atom is -0.490 e. The third-order valence-electron chi connectivity index (χ3n) is 5.01. The van der Waals surface area contributed by atoms with E-state index in [1.807, 2.05) is 12.1 Å². The van der Waals surface area contributed by atoms with Gasteiger partial charge in [-0.05, 0) is 42.7 Å². The standard InChI is InChI=1S/C18H24O2/c1-12(2)13-7-8-17(19)15(9-13)11-16-10-14-5-3-4-6-18(14)20-16/h3-6,12-13,15-16H,7-11H2,1-2H3. The molecule has 20 heavy (non-hydrogen) atoms. The molecule has 1 heterocycles. The van der Waals surface area contributed by atoms with E-state index in [2.05, 4.69) is 26.0 Å². The first-order chi connectivity index (χ1) is 9.63. The lowest BCUT2D eigenvalue weighted by Gasteiger charge is -2.31. The number of hydrogen-bond donors (Lipinski definition) is 0. The molecule has 2 aliphatic rings. The number of carbonyl (C=O) groups is 1.